The Hall–Kier alpha value is -1.60. The van der Waals surface area contributed by atoms with Gasteiger partial charge in [-0.1, -0.05) is 53.5 Å². The largest absolute Gasteiger partial charge is 0.338 e. The maximum Gasteiger partial charge on any atom is 0.227 e. The third-order valence-electron chi connectivity index (χ3n) is 5.92. The van der Waals surface area contributed by atoms with Gasteiger partial charge >= 0.3 is 0 Å². The Morgan fingerprint density at radius 1 is 1.07 bits per heavy atom. The van der Waals surface area contributed by atoms with Crippen molar-refractivity contribution in [2.24, 2.45) is 5.92 Å². The maximum atomic E-state index is 13.2. The summed E-state index contributed by atoms with van der Waals surface area (Å²) in [6.07, 6.45) is 2.23. The van der Waals surface area contributed by atoms with Gasteiger partial charge in [0.25, 0.3) is 0 Å². The van der Waals surface area contributed by atoms with E-state index < -0.39 is 10.0 Å². The molecule has 0 saturated carbocycles. The van der Waals surface area contributed by atoms with Gasteiger partial charge in [-0.25, -0.2) is 12.7 Å². The van der Waals surface area contributed by atoms with Crippen molar-refractivity contribution < 1.29 is 13.2 Å². The lowest BCUT2D eigenvalue weighted by Crippen LogP contribution is -2.48. The number of sulfonamides is 1. The van der Waals surface area contributed by atoms with Crippen LogP contribution in [0.4, 0.5) is 0 Å². The molecule has 1 amide bonds. The Labute approximate surface area is 187 Å². The van der Waals surface area contributed by atoms with Gasteiger partial charge in [-0.3, -0.25) is 4.79 Å². The highest BCUT2D eigenvalue weighted by molar-refractivity contribution is 7.88. The molecule has 2 aromatic carbocycles. The molecule has 2 heterocycles. The van der Waals surface area contributed by atoms with Crippen LogP contribution in [0.3, 0.4) is 0 Å². The molecule has 8 heteroatoms. The number of hydrogen-bond acceptors (Lipinski definition) is 3. The van der Waals surface area contributed by atoms with E-state index in [9.17, 15) is 13.2 Å². The number of amides is 1. The summed E-state index contributed by atoms with van der Waals surface area (Å²) in [5, 5.41) is 0.801. The maximum absolute atomic E-state index is 13.2. The number of benzene rings is 2. The molecule has 0 aliphatic carbocycles. The second-order valence-corrected chi connectivity index (χ2v) is 10.8. The second kappa shape index (κ2) is 8.87. The highest BCUT2D eigenvalue weighted by Crippen LogP contribution is 2.28. The molecule has 0 radical (unpaired) electrons. The van der Waals surface area contributed by atoms with Crippen LogP contribution in [-0.2, 0) is 33.5 Å². The molecule has 0 aromatic heterocycles. The molecule has 2 aromatic rings. The summed E-state index contributed by atoms with van der Waals surface area (Å²) in [5.74, 6) is -0.450. The van der Waals surface area contributed by atoms with E-state index in [1.54, 1.807) is 18.2 Å². The van der Waals surface area contributed by atoms with E-state index in [1.807, 2.05) is 17.0 Å². The fourth-order valence-electron chi connectivity index (χ4n) is 4.27. The summed E-state index contributed by atoms with van der Waals surface area (Å²) in [5.41, 5.74) is 2.98. The monoisotopic (exact) mass is 466 g/mol. The number of halogens is 2. The lowest BCUT2D eigenvalue weighted by Gasteiger charge is -2.36. The SMILES string of the molecule is O=C([C@H]1CCCN(S(=O)(=O)Cc2ccc(Cl)cc2Cl)C1)N1CCc2ccccc2C1. The first-order valence-corrected chi connectivity index (χ1v) is 12.5. The molecular weight excluding hydrogens is 443 g/mol. The first-order valence-electron chi connectivity index (χ1n) is 10.1. The Morgan fingerprint density at radius 3 is 2.60 bits per heavy atom. The van der Waals surface area contributed by atoms with Gasteiger partial charge in [0.15, 0.2) is 0 Å². The van der Waals surface area contributed by atoms with E-state index in [2.05, 4.69) is 12.1 Å². The van der Waals surface area contributed by atoms with Crippen molar-refractivity contribution in [3.05, 3.63) is 69.2 Å². The summed E-state index contributed by atoms with van der Waals surface area (Å²) in [4.78, 5) is 15.0. The van der Waals surface area contributed by atoms with Crippen LogP contribution in [0.2, 0.25) is 10.0 Å². The zero-order valence-corrected chi connectivity index (χ0v) is 18.9. The van der Waals surface area contributed by atoms with E-state index >= 15 is 0 Å². The Balaban J connectivity index is 1.44. The predicted octanol–water partition coefficient (Wildman–Crippen LogP) is 4.12. The van der Waals surface area contributed by atoms with Gasteiger partial charge in [0.2, 0.25) is 15.9 Å². The molecule has 1 saturated heterocycles. The van der Waals surface area contributed by atoms with Gasteiger partial charge in [-0.15, -0.1) is 0 Å². The summed E-state index contributed by atoms with van der Waals surface area (Å²) in [6.45, 7) is 1.93. The van der Waals surface area contributed by atoms with Gasteiger partial charge in [-0.05, 0) is 48.1 Å². The van der Waals surface area contributed by atoms with Crippen LogP contribution in [-0.4, -0.2) is 43.2 Å². The normalized spacial score (nSPS) is 20.1. The van der Waals surface area contributed by atoms with Gasteiger partial charge in [0.05, 0.1) is 11.7 Å². The first-order chi connectivity index (χ1) is 14.3. The van der Waals surface area contributed by atoms with E-state index in [4.69, 9.17) is 23.2 Å². The number of fused-ring (bicyclic) bond motifs is 1. The summed E-state index contributed by atoms with van der Waals surface area (Å²) >= 11 is 12.1. The molecule has 0 N–H and O–H groups in total. The number of piperidine rings is 1. The summed E-state index contributed by atoms with van der Waals surface area (Å²) in [7, 11) is -3.58. The standard InChI is InChI=1S/C22H24Cl2N2O3S/c23-20-8-7-19(21(24)12-20)15-30(28,29)26-10-3-6-18(14-26)22(27)25-11-9-16-4-1-2-5-17(16)13-25/h1-2,4-5,7-8,12,18H,3,6,9-11,13-15H2/t18-/m0/s1. The Morgan fingerprint density at radius 2 is 1.83 bits per heavy atom. The quantitative estimate of drug-likeness (QED) is 0.680. The molecule has 1 fully saturated rings. The van der Waals surface area contributed by atoms with Crippen LogP contribution in [0.25, 0.3) is 0 Å². The van der Waals surface area contributed by atoms with Gasteiger partial charge in [0, 0.05) is 36.2 Å². The van der Waals surface area contributed by atoms with Crippen molar-refractivity contribution in [2.45, 2.75) is 31.6 Å². The number of hydrogen-bond donors (Lipinski definition) is 0. The van der Waals surface area contributed by atoms with Gasteiger partial charge in [0.1, 0.15) is 0 Å². The second-order valence-electron chi connectivity index (χ2n) is 7.97. The smallest absolute Gasteiger partial charge is 0.227 e. The summed E-state index contributed by atoms with van der Waals surface area (Å²) < 4.78 is 27.5. The molecule has 0 bridgehead atoms. The Bertz CT molecular complexity index is 1060. The van der Waals surface area contributed by atoms with Crippen LogP contribution < -0.4 is 0 Å². The molecule has 4 rings (SSSR count). The third kappa shape index (κ3) is 4.67. The van der Waals surface area contributed by atoms with Crippen molar-refractivity contribution >= 4 is 39.1 Å². The molecule has 0 spiro atoms. The van der Waals surface area contributed by atoms with Gasteiger partial charge in [-0.2, -0.15) is 0 Å². The van der Waals surface area contributed by atoms with E-state index in [1.165, 1.54) is 15.4 Å². The van der Waals surface area contributed by atoms with Crippen molar-refractivity contribution in [2.75, 3.05) is 19.6 Å². The minimum atomic E-state index is -3.58. The van der Waals surface area contributed by atoms with E-state index in [-0.39, 0.29) is 24.1 Å². The molecule has 1 atom stereocenters. The molecule has 0 unspecified atom stereocenters. The average Bonchev–Trinajstić information content (AvgIpc) is 2.75. The van der Waals surface area contributed by atoms with E-state index in [0.717, 1.165) is 6.42 Å². The minimum absolute atomic E-state index is 0.0499. The highest BCUT2D eigenvalue weighted by atomic mass is 35.5. The molecule has 5 nitrogen and oxygen atoms in total. The minimum Gasteiger partial charge on any atom is -0.338 e. The van der Waals surface area contributed by atoms with Crippen molar-refractivity contribution in [3.63, 3.8) is 0 Å². The third-order valence-corrected chi connectivity index (χ3v) is 8.30. The van der Waals surface area contributed by atoms with Crippen molar-refractivity contribution in [1.82, 2.24) is 9.21 Å². The molecule has 30 heavy (non-hydrogen) atoms. The van der Waals surface area contributed by atoms with Crippen LogP contribution >= 0.6 is 23.2 Å². The molecule has 2 aliphatic rings. The topological polar surface area (TPSA) is 57.7 Å². The van der Waals surface area contributed by atoms with Crippen LogP contribution in [0.1, 0.15) is 29.5 Å². The van der Waals surface area contributed by atoms with Crippen molar-refractivity contribution in [3.8, 4) is 0 Å². The summed E-state index contributed by atoms with van der Waals surface area (Å²) in [6, 6.07) is 13.0. The fraction of sp³-hybridized carbons (Fsp3) is 0.409. The number of rotatable bonds is 4. The van der Waals surface area contributed by atoms with E-state index in [0.29, 0.717) is 48.1 Å². The molecule has 2 aliphatic heterocycles. The average molecular weight is 467 g/mol. The zero-order chi connectivity index (χ0) is 21.3. The molecule has 160 valence electrons. The lowest BCUT2D eigenvalue weighted by atomic mass is 9.95. The fourth-order valence-corrected chi connectivity index (χ4v) is 6.46. The number of carbonyl (C=O) groups excluding carboxylic acids is 1. The highest BCUT2D eigenvalue weighted by Gasteiger charge is 2.35. The van der Waals surface area contributed by atoms with Crippen LogP contribution in [0, 0.1) is 5.92 Å². The number of carbonyl (C=O) groups is 1. The van der Waals surface area contributed by atoms with Crippen molar-refractivity contribution in [1.29, 1.82) is 0 Å². The van der Waals surface area contributed by atoms with Crippen LogP contribution in [0.5, 0.6) is 0 Å². The van der Waals surface area contributed by atoms with Gasteiger partial charge < -0.3 is 4.90 Å². The first kappa shape index (κ1) is 21.6. The number of nitrogens with zero attached hydrogens (tertiary/aromatic N) is 2. The lowest BCUT2D eigenvalue weighted by molar-refractivity contribution is -0.137. The van der Waals surface area contributed by atoms with Crippen LogP contribution in [0.15, 0.2) is 42.5 Å². The predicted molar refractivity (Wildman–Crippen MR) is 119 cm³/mol. The zero-order valence-electron chi connectivity index (χ0n) is 16.6. The Kier molecular flexibility index (Phi) is 6.39. The molecular formula is C22H24Cl2N2O3S.